The molecule has 1 N–H and O–H groups in total. The molecule has 0 spiro atoms. The average molecular weight is 278 g/mol. The molecule has 1 aliphatic rings. The zero-order chi connectivity index (χ0) is 14.6. The minimum atomic E-state index is -0.0358. The molecule has 0 amide bonds. The van der Waals surface area contributed by atoms with E-state index in [9.17, 15) is 0 Å². The third-order valence-corrected chi connectivity index (χ3v) is 3.44. The van der Waals surface area contributed by atoms with Crippen molar-refractivity contribution in [1.82, 2.24) is 15.3 Å². The van der Waals surface area contributed by atoms with Crippen molar-refractivity contribution in [3.8, 4) is 0 Å². The molecule has 0 unspecified atom stereocenters. The van der Waals surface area contributed by atoms with E-state index < -0.39 is 0 Å². The van der Waals surface area contributed by atoms with Crippen molar-refractivity contribution in [2.45, 2.75) is 32.6 Å². The molecule has 0 aliphatic carbocycles. The summed E-state index contributed by atoms with van der Waals surface area (Å²) < 4.78 is 5.17. The van der Waals surface area contributed by atoms with Gasteiger partial charge >= 0.3 is 0 Å². The summed E-state index contributed by atoms with van der Waals surface area (Å²) in [4.78, 5) is 11.8. The van der Waals surface area contributed by atoms with Crippen LogP contribution in [0.4, 0.5) is 5.82 Å². The number of ether oxygens (including phenoxy) is 1. The van der Waals surface area contributed by atoms with Crippen LogP contribution in [0.25, 0.3) is 0 Å². The smallest absolute Gasteiger partial charge is 0.136 e. The first-order valence-electron chi connectivity index (χ1n) is 7.34. The van der Waals surface area contributed by atoms with Crippen molar-refractivity contribution >= 4 is 5.82 Å². The van der Waals surface area contributed by atoms with E-state index in [1.165, 1.54) is 0 Å². The molecular weight excluding hydrogens is 252 g/mol. The van der Waals surface area contributed by atoms with E-state index in [1.54, 1.807) is 7.11 Å². The van der Waals surface area contributed by atoms with Gasteiger partial charge in [-0.3, -0.25) is 0 Å². The van der Waals surface area contributed by atoms with Crippen molar-refractivity contribution in [2.75, 3.05) is 44.8 Å². The predicted molar refractivity (Wildman–Crippen MR) is 81.4 cm³/mol. The van der Waals surface area contributed by atoms with Crippen LogP contribution in [-0.4, -0.2) is 49.9 Å². The second kappa shape index (κ2) is 6.50. The van der Waals surface area contributed by atoms with E-state index in [4.69, 9.17) is 14.7 Å². The normalized spacial score (nSPS) is 16.5. The third-order valence-electron chi connectivity index (χ3n) is 3.44. The van der Waals surface area contributed by atoms with Crippen LogP contribution in [0.1, 0.15) is 32.3 Å². The number of anilines is 1. The Bertz CT molecular complexity index is 436. The Hall–Kier alpha value is -1.20. The zero-order valence-electron chi connectivity index (χ0n) is 13.1. The van der Waals surface area contributed by atoms with Crippen LogP contribution >= 0.6 is 0 Å². The fourth-order valence-electron chi connectivity index (χ4n) is 2.21. The van der Waals surface area contributed by atoms with E-state index in [1.807, 2.05) is 0 Å². The van der Waals surface area contributed by atoms with Gasteiger partial charge in [0, 0.05) is 56.9 Å². The van der Waals surface area contributed by atoms with Gasteiger partial charge in [0.15, 0.2) is 0 Å². The van der Waals surface area contributed by atoms with E-state index in [0.717, 1.165) is 49.9 Å². The SMILES string of the molecule is COCCc1cc(N2CCNCC2)nc(C(C)(C)C)n1. The zero-order valence-corrected chi connectivity index (χ0v) is 13.1. The monoisotopic (exact) mass is 278 g/mol. The van der Waals surface area contributed by atoms with Gasteiger partial charge in [-0.1, -0.05) is 20.8 Å². The maximum absolute atomic E-state index is 5.17. The van der Waals surface area contributed by atoms with Crippen molar-refractivity contribution < 1.29 is 4.74 Å². The van der Waals surface area contributed by atoms with Crippen LogP contribution in [0.5, 0.6) is 0 Å². The number of nitrogens with one attached hydrogen (secondary N) is 1. The Morgan fingerprint density at radius 2 is 1.95 bits per heavy atom. The second-order valence-corrected chi connectivity index (χ2v) is 6.27. The molecule has 0 aromatic carbocycles. The topological polar surface area (TPSA) is 50.3 Å². The fourth-order valence-corrected chi connectivity index (χ4v) is 2.21. The highest BCUT2D eigenvalue weighted by Gasteiger charge is 2.21. The largest absolute Gasteiger partial charge is 0.384 e. The van der Waals surface area contributed by atoms with Gasteiger partial charge in [-0.15, -0.1) is 0 Å². The lowest BCUT2D eigenvalue weighted by Crippen LogP contribution is -2.44. The van der Waals surface area contributed by atoms with E-state index in [2.05, 4.69) is 37.1 Å². The Balaban J connectivity index is 2.29. The summed E-state index contributed by atoms with van der Waals surface area (Å²) in [5, 5.41) is 3.37. The van der Waals surface area contributed by atoms with Crippen LogP contribution in [0.3, 0.4) is 0 Å². The van der Waals surface area contributed by atoms with Gasteiger partial charge in [0.1, 0.15) is 11.6 Å². The third kappa shape index (κ3) is 3.90. The highest BCUT2D eigenvalue weighted by atomic mass is 16.5. The first kappa shape index (κ1) is 15.2. The van der Waals surface area contributed by atoms with E-state index >= 15 is 0 Å². The van der Waals surface area contributed by atoms with Gasteiger partial charge in [0.25, 0.3) is 0 Å². The lowest BCUT2D eigenvalue weighted by molar-refractivity contribution is 0.201. The van der Waals surface area contributed by atoms with Gasteiger partial charge < -0.3 is 15.0 Å². The number of methoxy groups -OCH3 is 1. The molecule has 1 aromatic heterocycles. The summed E-state index contributed by atoms with van der Waals surface area (Å²) in [5.41, 5.74) is 1.03. The Morgan fingerprint density at radius 1 is 1.25 bits per heavy atom. The Labute approximate surface area is 121 Å². The molecule has 0 radical (unpaired) electrons. The van der Waals surface area contributed by atoms with Crippen LogP contribution in [-0.2, 0) is 16.6 Å². The summed E-state index contributed by atoms with van der Waals surface area (Å²) in [7, 11) is 1.73. The number of rotatable bonds is 4. The molecule has 5 nitrogen and oxygen atoms in total. The number of hydrogen-bond donors (Lipinski definition) is 1. The highest BCUT2D eigenvalue weighted by molar-refractivity contribution is 5.41. The highest BCUT2D eigenvalue weighted by Crippen LogP contribution is 2.22. The summed E-state index contributed by atoms with van der Waals surface area (Å²) >= 11 is 0. The maximum atomic E-state index is 5.17. The molecule has 20 heavy (non-hydrogen) atoms. The van der Waals surface area contributed by atoms with Crippen LogP contribution < -0.4 is 10.2 Å². The molecule has 1 aromatic rings. The summed E-state index contributed by atoms with van der Waals surface area (Å²) in [6.07, 6.45) is 0.835. The molecule has 1 fully saturated rings. The number of hydrogen-bond acceptors (Lipinski definition) is 5. The van der Waals surface area contributed by atoms with E-state index in [-0.39, 0.29) is 5.41 Å². The van der Waals surface area contributed by atoms with Crippen molar-refractivity contribution in [3.63, 3.8) is 0 Å². The van der Waals surface area contributed by atoms with Gasteiger partial charge in [-0.05, 0) is 0 Å². The molecule has 1 saturated heterocycles. The summed E-state index contributed by atoms with van der Waals surface area (Å²) in [5.74, 6) is 1.97. The van der Waals surface area contributed by atoms with Gasteiger partial charge in [-0.2, -0.15) is 0 Å². The Kier molecular flexibility index (Phi) is 4.94. The van der Waals surface area contributed by atoms with Crippen LogP contribution in [0.2, 0.25) is 0 Å². The molecule has 0 atom stereocenters. The quantitative estimate of drug-likeness (QED) is 0.901. The lowest BCUT2D eigenvalue weighted by atomic mass is 9.95. The molecule has 2 heterocycles. The molecule has 1 aliphatic heterocycles. The lowest BCUT2D eigenvalue weighted by Gasteiger charge is -2.30. The molecular formula is C15H26N4O. The first-order valence-corrected chi connectivity index (χ1v) is 7.34. The van der Waals surface area contributed by atoms with E-state index in [0.29, 0.717) is 6.61 Å². The molecule has 2 rings (SSSR count). The van der Waals surface area contributed by atoms with Crippen molar-refractivity contribution in [2.24, 2.45) is 0 Å². The molecule has 5 heteroatoms. The minimum Gasteiger partial charge on any atom is -0.384 e. The van der Waals surface area contributed by atoms with Crippen LogP contribution in [0, 0.1) is 0 Å². The molecule has 0 saturated carbocycles. The summed E-state index contributed by atoms with van der Waals surface area (Å²) in [6.45, 7) is 11.2. The average Bonchev–Trinajstić information content (AvgIpc) is 2.45. The number of aromatic nitrogens is 2. The Morgan fingerprint density at radius 3 is 2.55 bits per heavy atom. The van der Waals surface area contributed by atoms with Gasteiger partial charge in [0.05, 0.1) is 6.61 Å². The molecule has 112 valence electrons. The second-order valence-electron chi connectivity index (χ2n) is 6.27. The number of piperazine rings is 1. The standard InChI is InChI=1S/C15H26N4O/c1-15(2,3)14-17-12(5-10-20-4)11-13(18-14)19-8-6-16-7-9-19/h11,16H,5-10H2,1-4H3. The predicted octanol–water partition coefficient (Wildman–Crippen LogP) is 1.37. The molecule has 0 bridgehead atoms. The van der Waals surface area contributed by atoms with Gasteiger partial charge in [0.2, 0.25) is 0 Å². The van der Waals surface area contributed by atoms with Crippen molar-refractivity contribution in [1.29, 1.82) is 0 Å². The van der Waals surface area contributed by atoms with Crippen molar-refractivity contribution in [3.05, 3.63) is 17.6 Å². The maximum Gasteiger partial charge on any atom is 0.136 e. The fraction of sp³-hybridized carbons (Fsp3) is 0.733. The minimum absolute atomic E-state index is 0.0358. The summed E-state index contributed by atoms with van der Waals surface area (Å²) in [6, 6.07) is 2.11. The van der Waals surface area contributed by atoms with Crippen LogP contribution in [0.15, 0.2) is 6.07 Å². The first-order chi connectivity index (χ1) is 9.50. The van der Waals surface area contributed by atoms with Gasteiger partial charge in [-0.25, -0.2) is 9.97 Å². The number of nitrogens with zero attached hydrogens (tertiary/aromatic N) is 3.